The molecule has 6 nitrogen and oxygen atoms in total. The smallest absolute Gasteiger partial charge is 0.244 e. The van der Waals surface area contributed by atoms with Gasteiger partial charge in [0.25, 0.3) is 0 Å². The van der Waals surface area contributed by atoms with Crippen LogP contribution in [0.3, 0.4) is 0 Å². The highest BCUT2D eigenvalue weighted by atomic mass is 35.5. The first-order chi connectivity index (χ1) is 6.59. The molecule has 1 aromatic heterocycles. The zero-order chi connectivity index (χ0) is 10.6. The molecule has 7 heteroatoms. The Morgan fingerprint density at radius 2 is 2.36 bits per heavy atom. The average Bonchev–Trinajstić information content (AvgIpc) is 2.14. The fraction of sp³-hybridized carbons (Fsp3) is 0.429. The van der Waals surface area contributed by atoms with Gasteiger partial charge in [0, 0.05) is 14.1 Å². The molecule has 1 heterocycles. The second-order valence-corrected chi connectivity index (χ2v) is 3.09. The van der Waals surface area contributed by atoms with Crippen LogP contribution >= 0.6 is 11.6 Å². The van der Waals surface area contributed by atoms with Crippen LogP contribution in [0.4, 0.5) is 5.82 Å². The normalized spacial score (nSPS) is 9.64. The standard InChI is InChI=1S/C7H10ClN5O/c1-13(2)6(14)4-9-5-3-10-12-7(8)11-5/h3H,4H2,1-2H3,(H,9,11,12). The summed E-state index contributed by atoms with van der Waals surface area (Å²) in [6.07, 6.45) is 1.40. The summed E-state index contributed by atoms with van der Waals surface area (Å²) in [6.45, 7) is 0.155. The Bertz CT molecular complexity index is 330. The van der Waals surface area contributed by atoms with Crippen LogP contribution in [-0.2, 0) is 4.79 Å². The molecule has 0 aliphatic carbocycles. The quantitative estimate of drug-likeness (QED) is 0.770. The molecular formula is C7H10ClN5O. The number of aromatic nitrogens is 3. The third kappa shape index (κ3) is 3.14. The Hall–Kier alpha value is -1.43. The zero-order valence-corrected chi connectivity index (χ0v) is 8.62. The summed E-state index contributed by atoms with van der Waals surface area (Å²) < 4.78 is 0. The highest BCUT2D eigenvalue weighted by molar-refractivity contribution is 6.28. The first kappa shape index (κ1) is 10.6. The van der Waals surface area contributed by atoms with Crippen molar-refractivity contribution in [3.8, 4) is 0 Å². The molecular weight excluding hydrogens is 206 g/mol. The van der Waals surface area contributed by atoms with Gasteiger partial charge in [-0.15, -0.1) is 5.10 Å². The average molecular weight is 216 g/mol. The van der Waals surface area contributed by atoms with Crippen LogP contribution in [0.2, 0.25) is 5.28 Å². The number of carbonyl (C=O) groups is 1. The van der Waals surface area contributed by atoms with E-state index in [1.807, 2.05) is 0 Å². The van der Waals surface area contributed by atoms with Gasteiger partial charge in [-0.25, -0.2) is 0 Å². The van der Waals surface area contributed by atoms with Crippen LogP contribution in [-0.4, -0.2) is 46.6 Å². The highest BCUT2D eigenvalue weighted by Crippen LogP contribution is 2.02. The third-order valence-electron chi connectivity index (χ3n) is 1.45. The number of nitrogens with one attached hydrogen (secondary N) is 1. The van der Waals surface area contributed by atoms with Gasteiger partial charge in [0.05, 0.1) is 12.7 Å². The van der Waals surface area contributed by atoms with E-state index < -0.39 is 0 Å². The monoisotopic (exact) mass is 215 g/mol. The van der Waals surface area contributed by atoms with Gasteiger partial charge >= 0.3 is 0 Å². The molecule has 0 spiro atoms. The number of amides is 1. The van der Waals surface area contributed by atoms with Crippen molar-refractivity contribution in [3.63, 3.8) is 0 Å². The van der Waals surface area contributed by atoms with Crippen LogP contribution in [0.25, 0.3) is 0 Å². The SMILES string of the molecule is CN(C)C(=O)CNc1cnnc(Cl)n1. The van der Waals surface area contributed by atoms with E-state index >= 15 is 0 Å². The minimum atomic E-state index is -0.0558. The number of carbonyl (C=O) groups excluding carboxylic acids is 1. The molecule has 1 amide bonds. The van der Waals surface area contributed by atoms with E-state index in [9.17, 15) is 4.79 Å². The topological polar surface area (TPSA) is 71.0 Å². The molecule has 0 aliphatic heterocycles. The lowest BCUT2D eigenvalue weighted by molar-refractivity contribution is -0.126. The fourth-order valence-corrected chi connectivity index (χ4v) is 0.826. The molecule has 0 atom stereocenters. The Morgan fingerprint density at radius 1 is 1.64 bits per heavy atom. The van der Waals surface area contributed by atoms with Crippen molar-refractivity contribution >= 4 is 23.3 Å². The lowest BCUT2D eigenvalue weighted by Gasteiger charge is -2.10. The predicted octanol–water partition coefficient (Wildman–Crippen LogP) is 0.0251. The Labute approximate surface area is 86.3 Å². The molecule has 0 aliphatic rings. The molecule has 1 rings (SSSR count). The summed E-state index contributed by atoms with van der Waals surface area (Å²) in [5.41, 5.74) is 0. The van der Waals surface area contributed by atoms with Crippen LogP contribution in [0.1, 0.15) is 0 Å². The highest BCUT2D eigenvalue weighted by Gasteiger charge is 2.04. The minimum absolute atomic E-state index is 0.0484. The number of likely N-dealkylation sites (N-methyl/N-ethyl adjacent to an activating group) is 1. The summed E-state index contributed by atoms with van der Waals surface area (Å²) in [5.74, 6) is 0.375. The molecule has 0 radical (unpaired) electrons. The van der Waals surface area contributed by atoms with E-state index in [1.54, 1.807) is 14.1 Å². The lowest BCUT2D eigenvalue weighted by atomic mass is 10.5. The number of anilines is 1. The number of nitrogens with zero attached hydrogens (tertiary/aromatic N) is 4. The molecule has 1 N–H and O–H groups in total. The molecule has 0 fully saturated rings. The number of hydrogen-bond donors (Lipinski definition) is 1. The number of rotatable bonds is 3. The maximum atomic E-state index is 11.2. The van der Waals surface area contributed by atoms with E-state index in [-0.39, 0.29) is 17.7 Å². The van der Waals surface area contributed by atoms with Crippen molar-refractivity contribution in [1.29, 1.82) is 0 Å². The maximum Gasteiger partial charge on any atom is 0.244 e. The van der Waals surface area contributed by atoms with Gasteiger partial charge in [-0.2, -0.15) is 10.1 Å². The second kappa shape index (κ2) is 4.71. The second-order valence-electron chi connectivity index (χ2n) is 2.75. The molecule has 76 valence electrons. The van der Waals surface area contributed by atoms with Crippen LogP contribution < -0.4 is 5.32 Å². The fourth-order valence-electron chi connectivity index (χ4n) is 0.691. The van der Waals surface area contributed by atoms with E-state index in [0.29, 0.717) is 5.82 Å². The van der Waals surface area contributed by atoms with E-state index in [1.165, 1.54) is 11.1 Å². The van der Waals surface area contributed by atoms with Crippen molar-refractivity contribution in [2.45, 2.75) is 0 Å². The predicted molar refractivity (Wildman–Crippen MR) is 52.0 cm³/mol. The van der Waals surface area contributed by atoms with Gasteiger partial charge in [0.2, 0.25) is 11.2 Å². The van der Waals surface area contributed by atoms with Crippen LogP contribution in [0, 0.1) is 0 Å². The number of hydrogen-bond acceptors (Lipinski definition) is 5. The van der Waals surface area contributed by atoms with Crippen LogP contribution in [0.5, 0.6) is 0 Å². The zero-order valence-electron chi connectivity index (χ0n) is 7.86. The summed E-state index contributed by atoms with van der Waals surface area (Å²) >= 11 is 5.50. The first-order valence-electron chi connectivity index (χ1n) is 3.89. The van der Waals surface area contributed by atoms with Gasteiger partial charge in [-0.3, -0.25) is 4.79 Å². The summed E-state index contributed by atoms with van der Waals surface area (Å²) in [4.78, 5) is 16.5. The van der Waals surface area contributed by atoms with E-state index in [0.717, 1.165) is 0 Å². The number of halogens is 1. The van der Waals surface area contributed by atoms with Crippen molar-refractivity contribution in [2.75, 3.05) is 26.0 Å². The lowest BCUT2D eigenvalue weighted by Crippen LogP contribution is -2.28. The maximum absolute atomic E-state index is 11.2. The minimum Gasteiger partial charge on any atom is -0.360 e. The van der Waals surface area contributed by atoms with Crippen molar-refractivity contribution < 1.29 is 4.79 Å². The third-order valence-corrected chi connectivity index (χ3v) is 1.61. The van der Waals surface area contributed by atoms with Gasteiger partial charge in [-0.05, 0) is 11.6 Å². The van der Waals surface area contributed by atoms with Crippen molar-refractivity contribution in [3.05, 3.63) is 11.5 Å². The molecule has 1 aromatic rings. The van der Waals surface area contributed by atoms with E-state index in [2.05, 4.69) is 20.5 Å². The molecule has 0 aromatic carbocycles. The summed E-state index contributed by atoms with van der Waals surface area (Å²) in [5, 5.41) is 9.87. The van der Waals surface area contributed by atoms with Gasteiger partial charge < -0.3 is 10.2 Å². The Balaban J connectivity index is 2.50. The summed E-state index contributed by atoms with van der Waals surface area (Å²) in [6, 6.07) is 0. The molecule has 0 unspecified atom stereocenters. The molecule has 0 saturated carbocycles. The van der Waals surface area contributed by atoms with E-state index in [4.69, 9.17) is 11.6 Å². The first-order valence-corrected chi connectivity index (χ1v) is 4.26. The van der Waals surface area contributed by atoms with Gasteiger partial charge in [-0.1, -0.05) is 0 Å². The molecule has 0 bridgehead atoms. The molecule has 0 saturated heterocycles. The summed E-state index contributed by atoms with van der Waals surface area (Å²) in [7, 11) is 3.35. The van der Waals surface area contributed by atoms with Gasteiger partial charge in [0.15, 0.2) is 0 Å². The Kier molecular flexibility index (Phi) is 3.58. The molecule has 14 heavy (non-hydrogen) atoms. The Morgan fingerprint density at radius 3 is 2.93 bits per heavy atom. The van der Waals surface area contributed by atoms with Crippen molar-refractivity contribution in [2.24, 2.45) is 0 Å². The van der Waals surface area contributed by atoms with Crippen molar-refractivity contribution in [1.82, 2.24) is 20.1 Å². The largest absolute Gasteiger partial charge is 0.360 e. The van der Waals surface area contributed by atoms with Gasteiger partial charge in [0.1, 0.15) is 5.82 Å². The van der Waals surface area contributed by atoms with Crippen LogP contribution in [0.15, 0.2) is 6.20 Å².